The van der Waals surface area contributed by atoms with Gasteiger partial charge < -0.3 is 15.1 Å². The highest BCUT2D eigenvalue weighted by atomic mass is 127. The van der Waals surface area contributed by atoms with Crippen LogP contribution in [0.3, 0.4) is 0 Å². The summed E-state index contributed by atoms with van der Waals surface area (Å²) in [6.45, 7) is 3.68. The molecule has 0 amide bonds. The summed E-state index contributed by atoms with van der Waals surface area (Å²) in [6, 6.07) is 10.8. The zero-order valence-corrected chi connectivity index (χ0v) is 18.7. The van der Waals surface area contributed by atoms with Gasteiger partial charge in [0.15, 0.2) is 5.96 Å². The van der Waals surface area contributed by atoms with E-state index in [0.717, 1.165) is 49.9 Å². The van der Waals surface area contributed by atoms with E-state index in [4.69, 9.17) is 4.42 Å². The molecule has 1 unspecified atom stereocenters. The lowest BCUT2D eigenvalue weighted by molar-refractivity contribution is 0.146. The zero-order chi connectivity index (χ0) is 18.9. The van der Waals surface area contributed by atoms with Gasteiger partial charge in [0.25, 0.3) is 0 Å². The SMILES string of the molecule is CN=C(NCCc1ccc(F)cc1)NCC(c1ccco1)N1CCCCC1.I. The van der Waals surface area contributed by atoms with E-state index >= 15 is 0 Å². The molecule has 0 bridgehead atoms. The Hall–Kier alpha value is -1.61. The second kappa shape index (κ2) is 12.1. The molecule has 1 fully saturated rings. The quantitative estimate of drug-likeness (QED) is 0.343. The third kappa shape index (κ3) is 6.77. The van der Waals surface area contributed by atoms with Crippen molar-refractivity contribution in [2.24, 2.45) is 4.99 Å². The average molecular weight is 500 g/mol. The van der Waals surface area contributed by atoms with Crippen LogP contribution in [0.15, 0.2) is 52.1 Å². The van der Waals surface area contributed by atoms with Gasteiger partial charge in [0.1, 0.15) is 11.6 Å². The summed E-state index contributed by atoms with van der Waals surface area (Å²) in [5.74, 6) is 1.56. The molecule has 7 heteroatoms. The molecule has 1 aromatic carbocycles. The topological polar surface area (TPSA) is 52.8 Å². The highest BCUT2D eigenvalue weighted by Crippen LogP contribution is 2.24. The number of furan rings is 1. The maximum absolute atomic E-state index is 13.0. The number of piperidine rings is 1. The number of halogens is 2. The predicted octanol–water partition coefficient (Wildman–Crippen LogP) is 3.97. The highest BCUT2D eigenvalue weighted by Gasteiger charge is 2.24. The van der Waals surface area contributed by atoms with E-state index in [1.165, 1.54) is 31.4 Å². The fraction of sp³-hybridized carbons (Fsp3) is 0.476. The Balaban J connectivity index is 0.00000280. The van der Waals surface area contributed by atoms with Crippen LogP contribution in [0.1, 0.15) is 36.6 Å². The molecule has 0 saturated carbocycles. The van der Waals surface area contributed by atoms with E-state index in [-0.39, 0.29) is 35.8 Å². The van der Waals surface area contributed by atoms with Crippen LogP contribution >= 0.6 is 24.0 Å². The first-order chi connectivity index (χ1) is 13.3. The first-order valence-electron chi connectivity index (χ1n) is 9.72. The molecule has 1 aliphatic rings. The van der Waals surface area contributed by atoms with Crippen LogP contribution in [0.4, 0.5) is 4.39 Å². The Labute approximate surface area is 183 Å². The molecule has 1 atom stereocenters. The number of nitrogens with one attached hydrogen (secondary N) is 2. The van der Waals surface area contributed by atoms with Crippen molar-refractivity contribution in [3.63, 3.8) is 0 Å². The lowest BCUT2D eigenvalue weighted by Crippen LogP contribution is -2.44. The molecule has 0 aliphatic carbocycles. The van der Waals surface area contributed by atoms with Gasteiger partial charge in [-0.1, -0.05) is 18.6 Å². The predicted molar refractivity (Wildman–Crippen MR) is 122 cm³/mol. The van der Waals surface area contributed by atoms with E-state index in [2.05, 4.69) is 20.5 Å². The summed E-state index contributed by atoms with van der Waals surface area (Å²) in [5.41, 5.74) is 1.10. The monoisotopic (exact) mass is 500 g/mol. The number of guanidine groups is 1. The van der Waals surface area contributed by atoms with Gasteiger partial charge in [0.2, 0.25) is 0 Å². The van der Waals surface area contributed by atoms with Crippen molar-refractivity contribution in [3.05, 3.63) is 59.8 Å². The molecule has 2 heterocycles. The van der Waals surface area contributed by atoms with E-state index in [0.29, 0.717) is 0 Å². The number of nitrogens with zero attached hydrogens (tertiary/aromatic N) is 2. The van der Waals surface area contributed by atoms with Crippen LogP contribution in [0, 0.1) is 5.82 Å². The van der Waals surface area contributed by atoms with E-state index in [1.54, 1.807) is 13.3 Å². The second-order valence-corrected chi connectivity index (χ2v) is 6.88. The summed E-state index contributed by atoms with van der Waals surface area (Å²) in [5, 5.41) is 6.76. The third-order valence-corrected chi connectivity index (χ3v) is 5.01. The lowest BCUT2D eigenvalue weighted by Gasteiger charge is -2.33. The summed E-state index contributed by atoms with van der Waals surface area (Å²) in [4.78, 5) is 6.80. The van der Waals surface area contributed by atoms with Gasteiger partial charge in [-0.05, 0) is 62.2 Å². The average Bonchev–Trinajstić information content (AvgIpc) is 3.23. The zero-order valence-electron chi connectivity index (χ0n) is 16.4. The van der Waals surface area contributed by atoms with Gasteiger partial charge in [-0.3, -0.25) is 9.89 Å². The van der Waals surface area contributed by atoms with Gasteiger partial charge in [-0.15, -0.1) is 24.0 Å². The molecule has 0 spiro atoms. The number of likely N-dealkylation sites (tertiary alicyclic amines) is 1. The van der Waals surface area contributed by atoms with Crippen LogP contribution in [-0.2, 0) is 6.42 Å². The molecule has 2 aromatic rings. The van der Waals surface area contributed by atoms with Crippen LogP contribution in [0.5, 0.6) is 0 Å². The van der Waals surface area contributed by atoms with Gasteiger partial charge >= 0.3 is 0 Å². The molecule has 3 rings (SSSR count). The number of hydrogen-bond donors (Lipinski definition) is 2. The minimum Gasteiger partial charge on any atom is -0.468 e. The van der Waals surface area contributed by atoms with Crippen molar-refractivity contribution in [2.45, 2.75) is 31.7 Å². The second-order valence-electron chi connectivity index (χ2n) is 6.88. The van der Waals surface area contributed by atoms with Gasteiger partial charge in [0.05, 0.1) is 12.3 Å². The Morgan fingerprint density at radius 2 is 1.89 bits per heavy atom. The maximum Gasteiger partial charge on any atom is 0.191 e. The third-order valence-electron chi connectivity index (χ3n) is 5.01. The highest BCUT2D eigenvalue weighted by molar-refractivity contribution is 14.0. The molecule has 1 aromatic heterocycles. The largest absolute Gasteiger partial charge is 0.468 e. The first kappa shape index (κ1) is 22.7. The van der Waals surface area contributed by atoms with Crippen molar-refractivity contribution in [2.75, 3.05) is 33.2 Å². The molecule has 154 valence electrons. The number of rotatable bonds is 7. The Morgan fingerprint density at radius 3 is 2.54 bits per heavy atom. The molecule has 5 nitrogen and oxygen atoms in total. The summed E-state index contributed by atoms with van der Waals surface area (Å²) in [7, 11) is 1.77. The van der Waals surface area contributed by atoms with Crippen LogP contribution in [0.2, 0.25) is 0 Å². The molecular formula is C21H30FIN4O. The summed E-state index contributed by atoms with van der Waals surface area (Å²) >= 11 is 0. The fourth-order valence-corrected chi connectivity index (χ4v) is 3.51. The van der Waals surface area contributed by atoms with Crippen molar-refractivity contribution in [1.29, 1.82) is 0 Å². The summed E-state index contributed by atoms with van der Waals surface area (Å²) in [6.07, 6.45) is 6.34. The maximum atomic E-state index is 13.0. The Morgan fingerprint density at radius 1 is 1.14 bits per heavy atom. The van der Waals surface area contributed by atoms with Gasteiger partial charge in [-0.25, -0.2) is 4.39 Å². The fourth-order valence-electron chi connectivity index (χ4n) is 3.51. The van der Waals surface area contributed by atoms with Crippen molar-refractivity contribution < 1.29 is 8.81 Å². The first-order valence-corrected chi connectivity index (χ1v) is 9.72. The molecule has 1 saturated heterocycles. The van der Waals surface area contributed by atoms with Gasteiger partial charge in [0, 0.05) is 20.1 Å². The summed E-state index contributed by atoms with van der Waals surface area (Å²) < 4.78 is 18.7. The van der Waals surface area contributed by atoms with E-state index in [1.807, 2.05) is 24.3 Å². The Bertz CT molecular complexity index is 700. The van der Waals surface area contributed by atoms with E-state index < -0.39 is 0 Å². The number of aliphatic imine (C=N–C) groups is 1. The molecule has 0 radical (unpaired) electrons. The van der Waals surface area contributed by atoms with Crippen molar-refractivity contribution >= 4 is 29.9 Å². The van der Waals surface area contributed by atoms with E-state index in [9.17, 15) is 4.39 Å². The van der Waals surface area contributed by atoms with Crippen LogP contribution < -0.4 is 10.6 Å². The number of hydrogen-bond acceptors (Lipinski definition) is 3. The molecular weight excluding hydrogens is 470 g/mol. The smallest absolute Gasteiger partial charge is 0.191 e. The normalized spacial score (nSPS) is 16.3. The minimum absolute atomic E-state index is 0. The van der Waals surface area contributed by atoms with Crippen LogP contribution in [-0.4, -0.2) is 44.1 Å². The molecule has 2 N–H and O–H groups in total. The van der Waals surface area contributed by atoms with Gasteiger partial charge in [-0.2, -0.15) is 0 Å². The Kier molecular flexibility index (Phi) is 9.77. The van der Waals surface area contributed by atoms with Crippen molar-refractivity contribution in [3.8, 4) is 0 Å². The molecule has 28 heavy (non-hydrogen) atoms. The van der Waals surface area contributed by atoms with Crippen molar-refractivity contribution in [1.82, 2.24) is 15.5 Å². The molecule has 1 aliphatic heterocycles. The lowest BCUT2D eigenvalue weighted by atomic mass is 10.1. The van der Waals surface area contributed by atoms with Crippen LogP contribution in [0.25, 0.3) is 0 Å². The standard InChI is InChI=1S/C21H29FN4O.HI/c1-23-21(24-12-11-17-7-9-18(22)10-8-17)25-16-19(20-6-5-15-27-20)26-13-3-2-4-14-26;/h5-10,15,19H,2-4,11-14,16H2,1H3,(H2,23,24,25);1H. The minimum atomic E-state index is -0.203. The number of benzene rings is 1.